The summed E-state index contributed by atoms with van der Waals surface area (Å²) in [7, 11) is 0. The van der Waals surface area contributed by atoms with E-state index in [1.165, 1.54) is 16.8 Å². The maximum atomic E-state index is 10.8. The normalized spacial score (nSPS) is 10.3. The zero-order valence-electron chi connectivity index (χ0n) is 9.55. The Bertz CT molecular complexity index is 601. The smallest absolute Gasteiger partial charge is 0.363 e. The SMILES string of the molecule is O=C(O)c1nn(Cc2ccc(O)cc2)cc1[N+](=O)[O-]. The Kier molecular flexibility index (Phi) is 3.15. The number of hydrogen-bond donors (Lipinski definition) is 2. The van der Waals surface area contributed by atoms with Crippen LogP contribution in [0.4, 0.5) is 5.69 Å². The van der Waals surface area contributed by atoms with E-state index in [4.69, 9.17) is 10.2 Å². The fourth-order valence-electron chi connectivity index (χ4n) is 1.57. The number of phenolic OH excluding ortho intramolecular Hbond substituents is 1. The minimum atomic E-state index is -1.45. The molecule has 8 heteroatoms. The molecule has 0 radical (unpaired) electrons. The van der Waals surface area contributed by atoms with Crippen molar-refractivity contribution in [2.75, 3.05) is 0 Å². The number of hydrogen-bond acceptors (Lipinski definition) is 5. The molecule has 2 N–H and O–H groups in total. The van der Waals surface area contributed by atoms with E-state index in [1.54, 1.807) is 12.1 Å². The van der Waals surface area contributed by atoms with Crippen molar-refractivity contribution in [2.24, 2.45) is 0 Å². The molecule has 1 aromatic carbocycles. The molecule has 19 heavy (non-hydrogen) atoms. The van der Waals surface area contributed by atoms with Crippen molar-refractivity contribution >= 4 is 11.7 Å². The fourth-order valence-corrected chi connectivity index (χ4v) is 1.57. The van der Waals surface area contributed by atoms with Crippen LogP contribution in [-0.2, 0) is 6.54 Å². The first-order valence-corrected chi connectivity index (χ1v) is 5.20. The minimum absolute atomic E-state index is 0.0985. The van der Waals surface area contributed by atoms with Crippen molar-refractivity contribution in [1.29, 1.82) is 0 Å². The fraction of sp³-hybridized carbons (Fsp3) is 0.0909. The summed E-state index contributed by atoms with van der Waals surface area (Å²) in [4.78, 5) is 20.7. The quantitative estimate of drug-likeness (QED) is 0.632. The summed E-state index contributed by atoms with van der Waals surface area (Å²) < 4.78 is 1.17. The molecule has 0 saturated heterocycles. The van der Waals surface area contributed by atoms with Crippen LogP contribution in [0.5, 0.6) is 5.75 Å². The lowest BCUT2D eigenvalue weighted by molar-refractivity contribution is -0.385. The highest BCUT2D eigenvalue weighted by atomic mass is 16.6. The van der Waals surface area contributed by atoms with Gasteiger partial charge in [0.1, 0.15) is 11.9 Å². The van der Waals surface area contributed by atoms with E-state index in [1.807, 2.05) is 0 Å². The molecule has 98 valence electrons. The lowest BCUT2D eigenvalue weighted by atomic mass is 10.2. The molecule has 0 saturated carbocycles. The number of carboxylic acids is 1. The van der Waals surface area contributed by atoms with E-state index in [9.17, 15) is 14.9 Å². The third-order valence-electron chi connectivity index (χ3n) is 2.42. The lowest BCUT2D eigenvalue weighted by Gasteiger charge is -2.01. The topological polar surface area (TPSA) is 118 Å². The first kappa shape index (κ1) is 12.6. The summed E-state index contributed by atoms with van der Waals surface area (Å²) in [5.74, 6) is -1.35. The summed E-state index contributed by atoms with van der Waals surface area (Å²) in [6.45, 7) is 0.175. The van der Waals surface area contributed by atoms with Crippen molar-refractivity contribution in [3.63, 3.8) is 0 Å². The second-order valence-electron chi connectivity index (χ2n) is 3.79. The van der Waals surface area contributed by atoms with Crippen LogP contribution in [0.2, 0.25) is 0 Å². The summed E-state index contributed by atoms with van der Waals surface area (Å²) in [6.07, 6.45) is 1.07. The molecular formula is C11H9N3O5. The molecule has 0 spiro atoms. The van der Waals surface area contributed by atoms with Gasteiger partial charge in [-0.15, -0.1) is 0 Å². The van der Waals surface area contributed by atoms with Crippen molar-refractivity contribution in [3.05, 3.63) is 51.8 Å². The van der Waals surface area contributed by atoms with Crippen LogP contribution in [0.3, 0.4) is 0 Å². The summed E-state index contributed by atoms with van der Waals surface area (Å²) in [5, 5.41) is 32.3. The molecule has 0 atom stereocenters. The zero-order valence-corrected chi connectivity index (χ0v) is 9.55. The van der Waals surface area contributed by atoms with Gasteiger partial charge >= 0.3 is 11.7 Å². The summed E-state index contributed by atoms with van der Waals surface area (Å²) >= 11 is 0. The van der Waals surface area contributed by atoms with Crippen LogP contribution >= 0.6 is 0 Å². The number of carbonyl (C=O) groups is 1. The Labute approximate surface area is 106 Å². The van der Waals surface area contributed by atoms with Gasteiger partial charge in [0.2, 0.25) is 5.69 Å². The molecule has 2 rings (SSSR count). The lowest BCUT2D eigenvalue weighted by Crippen LogP contribution is -2.04. The van der Waals surface area contributed by atoms with Crippen LogP contribution < -0.4 is 0 Å². The number of nitro groups is 1. The van der Waals surface area contributed by atoms with Gasteiger partial charge in [-0.1, -0.05) is 12.1 Å². The van der Waals surface area contributed by atoms with Crippen LogP contribution in [0.25, 0.3) is 0 Å². The molecular weight excluding hydrogens is 254 g/mol. The molecule has 1 aromatic heterocycles. The highest BCUT2D eigenvalue weighted by Gasteiger charge is 2.25. The molecule has 0 aliphatic carbocycles. The molecule has 2 aromatic rings. The molecule has 0 aliphatic heterocycles. The molecule has 0 amide bonds. The first-order chi connectivity index (χ1) is 8.97. The van der Waals surface area contributed by atoms with Crippen LogP contribution in [0, 0.1) is 10.1 Å². The van der Waals surface area contributed by atoms with Gasteiger partial charge in [-0.3, -0.25) is 14.8 Å². The van der Waals surface area contributed by atoms with Crippen LogP contribution in [0.15, 0.2) is 30.5 Å². The largest absolute Gasteiger partial charge is 0.508 e. The molecule has 0 unspecified atom stereocenters. The number of aromatic nitrogens is 2. The Morgan fingerprint density at radius 3 is 2.47 bits per heavy atom. The first-order valence-electron chi connectivity index (χ1n) is 5.20. The Hall–Kier alpha value is -2.90. The average Bonchev–Trinajstić information content (AvgIpc) is 2.76. The van der Waals surface area contributed by atoms with Gasteiger partial charge in [-0.2, -0.15) is 5.10 Å². The highest BCUT2D eigenvalue weighted by molar-refractivity contribution is 5.89. The average molecular weight is 263 g/mol. The van der Waals surface area contributed by atoms with Crippen LogP contribution in [0.1, 0.15) is 16.1 Å². The molecule has 0 bridgehead atoms. The third kappa shape index (κ3) is 2.68. The molecule has 1 heterocycles. The van der Waals surface area contributed by atoms with Gasteiger partial charge in [0.15, 0.2) is 0 Å². The second-order valence-corrected chi connectivity index (χ2v) is 3.79. The van der Waals surface area contributed by atoms with Crippen molar-refractivity contribution < 1.29 is 19.9 Å². The van der Waals surface area contributed by atoms with Gasteiger partial charge in [0, 0.05) is 0 Å². The molecule has 0 aliphatic rings. The maximum Gasteiger partial charge on any atom is 0.363 e. The van der Waals surface area contributed by atoms with Gasteiger partial charge in [-0.25, -0.2) is 4.79 Å². The van der Waals surface area contributed by atoms with Gasteiger partial charge < -0.3 is 10.2 Å². The Morgan fingerprint density at radius 1 is 1.37 bits per heavy atom. The third-order valence-corrected chi connectivity index (χ3v) is 2.42. The number of phenols is 1. The molecule has 8 nitrogen and oxygen atoms in total. The number of nitrogens with zero attached hydrogens (tertiary/aromatic N) is 3. The van der Waals surface area contributed by atoms with E-state index in [-0.39, 0.29) is 12.3 Å². The number of carboxylic acid groups (broad SMARTS) is 1. The highest BCUT2D eigenvalue weighted by Crippen LogP contribution is 2.18. The summed E-state index contributed by atoms with van der Waals surface area (Å²) in [5.41, 5.74) is -0.415. The van der Waals surface area contributed by atoms with E-state index in [0.29, 0.717) is 0 Å². The monoisotopic (exact) mass is 263 g/mol. The number of aromatic carboxylic acids is 1. The van der Waals surface area contributed by atoms with E-state index in [2.05, 4.69) is 5.10 Å². The van der Waals surface area contributed by atoms with E-state index < -0.39 is 22.3 Å². The van der Waals surface area contributed by atoms with Crippen LogP contribution in [-0.4, -0.2) is 30.9 Å². The molecule has 0 fully saturated rings. The minimum Gasteiger partial charge on any atom is -0.508 e. The maximum absolute atomic E-state index is 10.8. The Balaban J connectivity index is 2.31. The predicted molar refractivity (Wildman–Crippen MR) is 63.0 cm³/mol. The van der Waals surface area contributed by atoms with Gasteiger partial charge in [0.25, 0.3) is 0 Å². The van der Waals surface area contributed by atoms with Gasteiger partial charge in [-0.05, 0) is 17.7 Å². The predicted octanol–water partition coefficient (Wildman–Crippen LogP) is 1.24. The van der Waals surface area contributed by atoms with Crippen molar-refractivity contribution in [3.8, 4) is 5.75 Å². The standard InChI is InChI=1S/C11H9N3O5/c15-8-3-1-7(2-4-8)5-13-6-9(14(18)19)10(12-13)11(16)17/h1-4,6,15H,5H2,(H,16,17). The number of rotatable bonds is 4. The second kappa shape index (κ2) is 4.77. The number of aromatic hydroxyl groups is 1. The number of benzene rings is 1. The van der Waals surface area contributed by atoms with E-state index >= 15 is 0 Å². The Morgan fingerprint density at radius 2 is 2.00 bits per heavy atom. The van der Waals surface area contributed by atoms with Gasteiger partial charge in [0.05, 0.1) is 11.5 Å². The summed E-state index contributed by atoms with van der Waals surface area (Å²) in [6, 6.07) is 6.16. The van der Waals surface area contributed by atoms with E-state index in [0.717, 1.165) is 11.8 Å². The zero-order chi connectivity index (χ0) is 14.0. The van der Waals surface area contributed by atoms with Crippen molar-refractivity contribution in [2.45, 2.75) is 6.54 Å². The van der Waals surface area contributed by atoms with Crippen molar-refractivity contribution in [1.82, 2.24) is 9.78 Å².